The molecule has 2 atom stereocenters. The van der Waals surface area contributed by atoms with E-state index >= 15 is 0 Å². The van der Waals surface area contributed by atoms with Gasteiger partial charge in [0.05, 0.1) is 12.1 Å². The van der Waals surface area contributed by atoms with E-state index in [-0.39, 0.29) is 17.8 Å². The van der Waals surface area contributed by atoms with E-state index in [4.69, 9.17) is 4.74 Å². The largest absolute Gasteiger partial charge is 0.489 e. The van der Waals surface area contributed by atoms with Gasteiger partial charge < -0.3 is 9.64 Å². The molecule has 2 aromatic rings. The monoisotopic (exact) mass is 423 g/mol. The van der Waals surface area contributed by atoms with E-state index in [1.54, 1.807) is 4.90 Å². The van der Waals surface area contributed by atoms with Gasteiger partial charge in [0.15, 0.2) is 0 Å². The van der Waals surface area contributed by atoms with Crippen LogP contribution in [0.5, 0.6) is 5.75 Å². The van der Waals surface area contributed by atoms with Crippen molar-refractivity contribution in [3.05, 3.63) is 59.4 Å². The molecule has 7 heteroatoms. The van der Waals surface area contributed by atoms with Gasteiger partial charge in [-0.15, -0.1) is 0 Å². The number of hydrogen-bond donors (Lipinski definition) is 0. The Morgan fingerprint density at radius 1 is 1.20 bits per heavy atom. The average molecular weight is 423 g/mol. The number of carbonyl (C=O) groups excluding carboxylic acids is 1. The maximum absolute atomic E-state index is 13.5. The summed E-state index contributed by atoms with van der Waals surface area (Å²) in [6.07, 6.45) is -2.90. The fourth-order valence-electron chi connectivity index (χ4n) is 3.66. The lowest BCUT2D eigenvalue weighted by Gasteiger charge is -2.21. The lowest BCUT2D eigenvalue weighted by Crippen LogP contribution is -2.25. The zero-order valence-electron chi connectivity index (χ0n) is 17.0. The van der Waals surface area contributed by atoms with Crippen molar-refractivity contribution in [2.75, 3.05) is 18.0 Å². The second kappa shape index (κ2) is 9.06. The number of carbonyl (C=O) groups is 1. The molecule has 1 unspecified atom stereocenters. The number of nitrogens with zero attached hydrogens (tertiary/aromatic N) is 1. The number of benzene rings is 2. The normalized spacial score (nSPS) is 17.8. The standard InChI is InChI=1S/C23H25F4NO2/c1-3-4-22(29)15(2)16-5-8-18(9-6-16)30-19-11-12-28(14-19)17-7-10-21(24)20(13-17)23(25,26)27/h5-10,13,15,19H,3-4,11-12,14H2,1-2H3/t15?,19-/m1/s1. The molecule has 30 heavy (non-hydrogen) atoms. The van der Waals surface area contributed by atoms with Crippen molar-refractivity contribution < 1.29 is 27.1 Å². The van der Waals surface area contributed by atoms with Crippen molar-refractivity contribution in [1.29, 1.82) is 0 Å². The van der Waals surface area contributed by atoms with Gasteiger partial charge in [-0.1, -0.05) is 26.0 Å². The van der Waals surface area contributed by atoms with Gasteiger partial charge in [-0.3, -0.25) is 4.79 Å². The first-order valence-corrected chi connectivity index (χ1v) is 10.1. The van der Waals surface area contributed by atoms with Gasteiger partial charge in [0.25, 0.3) is 0 Å². The van der Waals surface area contributed by atoms with Crippen LogP contribution in [0, 0.1) is 5.82 Å². The summed E-state index contributed by atoms with van der Waals surface area (Å²) in [5.74, 6) is -0.585. The number of Topliss-reactive ketones (excluding diaryl/α,β-unsaturated/α-hetero) is 1. The molecule has 3 rings (SSSR count). The van der Waals surface area contributed by atoms with E-state index in [1.165, 1.54) is 6.07 Å². The van der Waals surface area contributed by atoms with E-state index < -0.39 is 17.6 Å². The molecule has 0 aromatic heterocycles. The van der Waals surface area contributed by atoms with Crippen LogP contribution in [0.2, 0.25) is 0 Å². The number of halogens is 4. The minimum absolute atomic E-state index is 0.165. The second-order valence-electron chi connectivity index (χ2n) is 7.64. The molecule has 3 nitrogen and oxygen atoms in total. The van der Waals surface area contributed by atoms with Crippen LogP contribution in [0.4, 0.5) is 23.2 Å². The van der Waals surface area contributed by atoms with E-state index in [2.05, 4.69) is 0 Å². The van der Waals surface area contributed by atoms with Gasteiger partial charge in [0, 0.05) is 31.0 Å². The SMILES string of the molecule is CCCC(=O)C(C)c1ccc(O[C@@H]2CCN(c3ccc(F)c(C(F)(F)F)c3)C2)cc1. The van der Waals surface area contributed by atoms with Gasteiger partial charge >= 0.3 is 6.18 Å². The van der Waals surface area contributed by atoms with Gasteiger partial charge in [-0.05, 0) is 42.3 Å². The minimum atomic E-state index is -4.73. The zero-order valence-corrected chi connectivity index (χ0v) is 17.0. The molecule has 162 valence electrons. The smallest absolute Gasteiger partial charge is 0.419 e. The molecule has 0 amide bonds. The first kappa shape index (κ1) is 22.1. The first-order valence-electron chi connectivity index (χ1n) is 10.1. The Labute approximate surface area is 173 Å². The van der Waals surface area contributed by atoms with Crippen LogP contribution in [0.1, 0.15) is 50.2 Å². The molecular formula is C23H25F4NO2. The maximum Gasteiger partial charge on any atom is 0.419 e. The lowest BCUT2D eigenvalue weighted by atomic mass is 9.94. The molecule has 1 aliphatic rings. The number of ketones is 1. The van der Waals surface area contributed by atoms with E-state index in [9.17, 15) is 22.4 Å². The van der Waals surface area contributed by atoms with Gasteiger partial charge in [-0.25, -0.2) is 4.39 Å². The summed E-state index contributed by atoms with van der Waals surface area (Å²) in [5, 5.41) is 0. The Morgan fingerprint density at radius 2 is 1.90 bits per heavy atom. The minimum Gasteiger partial charge on any atom is -0.489 e. The van der Waals surface area contributed by atoms with Crippen molar-refractivity contribution in [1.82, 2.24) is 0 Å². The molecule has 1 saturated heterocycles. The Balaban J connectivity index is 1.62. The van der Waals surface area contributed by atoms with Gasteiger partial charge in [-0.2, -0.15) is 13.2 Å². The molecule has 0 aliphatic carbocycles. The fourth-order valence-corrected chi connectivity index (χ4v) is 3.66. The van der Waals surface area contributed by atoms with Crippen molar-refractivity contribution in [2.45, 2.75) is 51.3 Å². The van der Waals surface area contributed by atoms with Crippen LogP contribution in [0.15, 0.2) is 42.5 Å². The summed E-state index contributed by atoms with van der Waals surface area (Å²) >= 11 is 0. The quantitative estimate of drug-likeness (QED) is 0.514. The first-order chi connectivity index (χ1) is 14.2. The summed E-state index contributed by atoms with van der Waals surface area (Å²) in [6, 6.07) is 10.4. The van der Waals surface area contributed by atoms with E-state index in [0.29, 0.717) is 37.4 Å². The molecule has 0 spiro atoms. The third kappa shape index (κ3) is 5.12. The van der Waals surface area contributed by atoms with E-state index in [0.717, 1.165) is 24.1 Å². The van der Waals surface area contributed by atoms with Crippen molar-refractivity contribution in [2.24, 2.45) is 0 Å². The Hall–Kier alpha value is -2.57. The van der Waals surface area contributed by atoms with Crippen LogP contribution >= 0.6 is 0 Å². The maximum atomic E-state index is 13.5. The molecular weight excluding hydrogens is 398 g/mol. The molecule has 0 saturated carbocycles. The highest BCUT2D eigenvalue weighted by molar-refractivity contribution is 5.85. The summed E-state index contributed by atoms with van der Waals surface area (Å²) in [6.45, 7) is 4.80. The van der Waals surface area contributed by atoms with Crippen LogP contribution < -0.4 is 9.64 Å². The Bertz CT molecular complexity index is 880. The molecule has 1 heterocycles. The van der Waals surface area contributed by atoms with Crippen LogP contribution in [0.25, 0.3) is 0 Å². The number of rotatable bonds is 7. The number of anilines is 1. The van der Waals surface area contributed by atoms with Crippen LogP contribution in [-0.2, 0) is 11.0 Å². The third-order valence-electron chi connectivity index (χ3n) is 5.43. The summed E-state index contributed by atoms with van der Waals surface area (Å²) < 4.78 is 58.4. The molecule has 0 bridgehead atoms. The van der Waals surface area contributed by atoms with Crippen molar-refractivity contribution in [3.63, 3.8) is 0 Å². The number of alkyl halides is 3. The van der Waals surface area contributed by atoms with Crippen LogP contribution in [-0.4, -0.2) is 25.0 Å². The van der Waals surface area contributed by atoms with Crippen molar-refractivity contribution >= 4 is 11.5 Å². The lowest BCUT2D eigenvalue weighted by molar-refractivity contribution is -0.140. The summed E-state index contributed by atoms with van der Waals surface area (Å²) in [7, 11) is 0. The summed E-state index contributed by atoms with van der Waals surface area (Å²) in [4.78, 5) is 13.8. The topological polar surface area (TPSA) is 29.5 Å². The predicted molar refractivity (Wildman–Crippen MR) is 107 cm³/mol. The highest BCUT2D eigenvalue weighted by Gasteiger charge is 2.35. The van der Waals surface area contributed by atoms with Crippen LogP contribution in [0.3, 0.4) is 0 Å². The molecule has 0 N–H and O–H groups in total. The second-order valence-corrected chi connectivity index (χ2v) is 7.64. The number of hydrogen-bond acceptors (Lipinski definition) is 3. The van der Waals surface area contributed by atoms with Gasteiger partial charge in [0.1, 0.15) is 23.5 Å². The van der Waals surface area contributed by atoms with Crippen molar-refractivity contribution in [3.8, 4) is 5.75 Å². The highest BCUT2D eigenvalue weighted by atomic mass is 19.4. The molecule has 1 fully saturated rings. The Morgan fingerprint density at radius 3 is 2.53 bits per heavy atom. The van der Waals surface area contributed by atoms with Gasteiger partial charge in [0.2, 0.25) is 0 Å². The fraction of sp³-hybridized carbons (Fsp3) is 0.435. The van der Waals surface area contributed by atoms with E-state index in [1.807, 2.05) is 38.1 Å². The average Bonchev–Trinajstić information content (AvgIpc) is 3.16. The molecule has 1 aliphatic heterocycles. The summed E-state index contributed by atoms with van der Waals surface area (Å²) in [5.41, 5.74) is -0.0000258. The Kier molecular flexibility index (Phi) is 6.68. The molecule has 0 radical (unpaired) electrons. The zero-order chi connectivity index (χ0) is 21.9. The predicted octanol–water partition coefficient (Wildman–Crippen LogP) is 5.97. The highest BCUT2D eigenvalue weighted by Crippen LogP contribution is 2.35. The number of ether oxygens (including phenoxy) is 1. The third-order valence-corrected chi connectivity index (χ3v) is 5.43. The molecule has 2 aromatic carbocycles.